The zero-order valence-electron chi connectivity index (χ0n) is 9.80. The molecular weight excluding hydrogens is 289 g/mol. The van der Waals surface area contributed by atoms with Gasteiger partial charge in [0.25, 0.3) is 0 Å². The maximum atomic E-state index is 13.6. The Kier molecular flexibility index (Phi) is 3.80. The Hall–Kier alpha value is -1.90. The number of nitrogens with zero attached hydrogens (tertiary/aromatic N) is 1. The number of carbonyl (C=O) groups is 1. The van der Waals surface area contributed by atoms with Crippen molar-refractivity contribution >= 4 is 11.7 Å². The fourth-order valence-corrected chi connectivity index (χ4v) is 1.87. The molecule has 1 aliphatic heterocycles. The van der Waals surface area contributed by atoms with Crippen molar-refractivity contribution in [2.24, 2.45) is 0 Å². The standard InChI is InChI=1S/C11H8F5NO3/c12-5-6(13)8(15)10(9(16)7(5)14)17-1-2-20-4(3-17)11(18)19/h4H,1-3H2,(H,18,19). The molecule has 9 heteroatoms. The lowest BCUT2D eigenvalue weighted by Gasteiger charge is -2.33. The number of benzene rings is 1. The van der Waals surface area contributed by atoms with Crippen LogP contribution in [0.5, 0.6) is 0 Å². The Morgan fingerprint density at radius 3 is 2.05 bits per heavy atom. The van der Waals surface area contributed by atoms with Gasteiger partial charge in [-0.2, -0.15) is 0 Å². The fourth-order valence-electron chi connectivity index (χ4n) is 1.87. The second-order valence-electron chi connectivity index (χ2n) is 4.06. The number of anilines is 1. The molecule has 0 amide bonds. The van der Waals surface area contributed by atoms with Crippen LogP contribution in [0.25, 0.3) is 0 Å². The maximum absolute atomic E-state index is 13.6. The van der Waals surface area contributed by atoms with E-state index in [1.807, 2.05) is 0 Å². The van der Waals surface area contributed by atoms with E-state index in [2.05, 4.69) is 0 Å². The molecule has 1 saturated heterocycles. The van der Waals surface area contributed by atoms with Crippen LogP contribution in [0.2, 0.25) is 0 Å². The van der Waals surface area contributed by atoms with Crippen molar-refractivity contribution in [3.8, 4) is 0 Å². The molecular formula is C11H8F5NO3. The molecule has 4 nitrogen and oxygen atoms in total. The molecule has 110 valence electrons. The topological polar surface area (TPSA) is 49.8 Å². The first-order valence-corrected chi connectivity index (χ1v) is 5.45. The Bertz CT molecular complexity index is 536. The molecule has 0 bridgehead atoms. The predicted molar refractivity (Wildman–Crippen MR) is 55.8 cm³/mol. The third-order valence-electron chi connectivity index (χ3n) is 2.84. The van der Waals surface area contributed by atoms with Crippen LogP contribution in [-0.2, 0) is 9.53 Å². The van der Waals surface area contributed by atoms with Crippen molar-refractivity contribution in [1.29, 1.82) is 0 Å². The molecule has 1 N–H and O–H groups in total. The van der Waals surface area contributed by atoms with Gasteiger partial charge >= 0.3 is 5.97 Å². The first-order valence-electron chi connectivity index (χ1n) is 5.45. The Morgan fingerprint density at radius 2 is 1.55 bits per heavy atom. The minimum absolute atomic E-state index is 0.192. The molecule has 0 saturated carbocycles. The highest BCUT2D eigenvalue weighted by Gasteiger charge is 2.33. The maximum Gasteiger partial charge on any atom is 0.334 e. The van der Waals surface area contributed by atoms with Crippen LogP contribution >= 0.6 is 0 Å². The number of hydrogen-bond donors (Lipinski definition) is 1. The first-order chi connectivity index (χ1) is 9.34. The summed E-state index contributed by atoms with van der Waals surface area (Å²) < 4.78 is 71.0. The molecule has 1 aromatic rings. The van der Waals surface area contributed by atoms with Gasteiger partial charge in [0.15, 0.2) is 29.4 Å². The third kappa shape index (κ3) is 2.28. The molecule has 1 aliphatic rings. The highest BCUT2D eigenvalue weighted by atomic mass is 19.2. The zero-order chi connectivity index (χ0) is 15.0. The van der Waals surface area contributed by atoms with Gasteiger partial charge in [0.05, 0.1) is 13.2 Å². The van der Waals surface area contributed by atoms with Crippen LogP contribution in [0.4, 0.5) is 27.6 Å². The number of halogens is 5. The minimum Gasteiger partial charge on any atom is -0.479 e. The van der Waals surface area contributed by atoms with Gasteiger partial charge in [-0.1, -0.05) is 0 Å². The number of carboxylic acids is 1. The van der Waals surface area contributed by atoms with Gasteiger partial charge in [-0.25, -0.2) is 26.7 Å². The fraction of sp³-hybridized carbons (Fsp3) is 0.364. The SMILES string of the molecule is O=C(O)C1CN(c2c(F)c(F)c(F)c(F)c2F)CCO1. The second-order valence-corrected chi connectivity index (χ2v) is 4.06. The zero-order valence-corrected chi connectivity index (χ0v) is 9.80. The van der Waals surface area contributed by atoms with Crippen molar-refractivity contribution in [2.75, 3.05) is 24.6 Å². The van der Waals surface area contributed by atoms with Crippen LogP contribution in [0.15, 0.2) is 0 Å². The van der Waals surface area contributed by atoms with Crippen molar-refractivity contribution < 1.29 is 36.6 Å². The summed E-state index contributed by atoms with van der Waals surface area (Å²) >= 11 is 0. The van der Waals surface area contributed by atoms with E-state index in [0.29, 0.717) is 0 Å². The number of morpholine rings is 1. The summed E-state index contributed by atoms with van der Waals surface area (Å²) in [6.07, 6.45) is -1.40. The number of hydrogen-bond acceptors (Lipinski definition) is 3. The van der Waals surface area contributed by atoms with Gasteiger partial charge in [0.1, 0.15) is 5.69 Å². The lowest BCUT2D eigenvalue weighted by molar-refractivity contribution is -0.150. The van der Waals surface area contributed by atoms with E-state index in [1.54, 1.807) is 0 Å². The molecule has 0 aromatic heterocycles. The Morgan fingerprint density at radius 1 is 1.05 bits per heavy atom. The van der Waals surface area contributed by atoms with E-state index < -0.39 is 53.4 Å². The van der Waals surface area contributed by atoms with Gasteiger partial charge in [-0.05, 0) is 0 Å². The number of rotatable bonds is 2. The molecule has 1 aromatic carbocycles. The average molecular weight is 297 g/mol. The van der Waals surface area contributed by atoms with Crippen molar-refractivity contribution in [1.82, 2.24) is 0 Å². The second kappa shape index (κ2) is 5.23. The summed E-state index contributed by atoms with van der Waals surface area (Å²) in [5.41, 5.74) is -1.14. The van der Waals surface area contributed by atoms with Crippen LogP contribution in [0.3, 0.4) is 0 Å². The molecule has 1 atom stereocenters. The van der Waals surface area contributed by atoms with Crippen molar-refractivity contribution in [3.05, 3.63) is 29.1 Å². The van der Waals surface area contributed by atoms with Crippen LogP contribution in [0, 0.1) is 29.1 Å². The average Bonchev–Trinajstić information content (AvgIpc) is 2.43. The highest BCUT2D eigenvalue weighted by Crippen LogP contribution is 2.31. The van der Waals surface area contributed by atoms with Crippen LogP contribution in [-0.4, -0.2) is 36.9 Å². The smallest absolute Gasteiger partial charge is 0.334 e. The highest BCUT2D eigenvalue weighted by molar-refractivity contribution is 5.73. The molecule has 2 rings (SSSR count). The summed E-state index contributed by atoms with van der Waals surface area (Å²) in [4.78, 5) is 11.5. The van der Waals surface area contributed by atoms with Gasteiger partial charge in [-0.15, -0.1) is 0 Å². The van der Waals surface area contributed by atoms with E-state index in [0.717, 1.165) is 4.90 Å². The lowest BCUT2D eigenvalue weighted by Crippen LogP contribution is -2.47. The van der Waals surface area contributed by atoms with Crippen LogP contribution < -0.4 is 4.90 Å². The molecule has 1 unspecified atom stereocenters. The summed E-state index contributed by atoms with van der Waals surface area (Å²) in [6.45, 7) is -0.924. The summed E-state index contributed by atoms with van der Waals surface area (Å²) in [6, 6.07) is 0. The van der Waals surface area contributed by atoms with Gasteiger partial charge in [0.2, 0.25) is 5.82 Å². The lowest BCUT2D eigenvalue weighted by atomic mass is 10.2. The molecule has 0 aliphatic carbocycles. The quantitative estimate of drug-likeness (QED) is 0.512. The Balaban J connectivity index is 2.45. The molecule has 0 spiro atoms. The van der Waals surface area contributed by atoms with Gasteiger partial charge < -0.3 is 14.7 Å². The largest absolute Gasteiger partial charge is 0.479 e. The predicted octanol–water partition coefficient (Wildman–Crippen LogP) is 1.67. The van der Waals surface area contributed by atoms with Gasteiger partial charge in [0, 0.05) is 6.54 Å². The van der Waals surface area contributed by atoms with E-state index in [4.69, 9.17) is 9.84 Å². The van der Waals surface area contributed by atoms with Crippen molar-refractivity contribution in [2.45, 2.75) is 6.10 Å². The number of aliphatic carboxylic acids is 1. The molecule has 1 heterocycles. The summed E-state index contributed by atoms with van der Waals surface area (Å²) in [5, 5.41) is 8.75. The van der Waals surface area contributed by atoms with E-state index in [9.17, 15) is 26.7 Å². The normalized spacial score (nSPS) is 19.2. The first kappa shape index (κ1) is 14.5. The van der Waals surface area contributed by atoms with Crippen molar-refractivity contribution in [3.63, 3.8) is 0 Å². The van der Waals surface area contributed by atoms with E-state index >= 15 is 0 Å². The molecule has 20 heavy (non-hydrogen) atoms. The molecule has 0 radical (unpaired) electrons. The van der Waals surface area contributed by atoms with Gasteiger partial charge in [-0.3, -0.25) is 0 Å². The summed E-state index contributed by atoms with van der Waals surface area (Å²) in [5.74, 6) is -11.8. The van der Waals surface area contributed by atoms with E-state index in [1.165, 1.54) is 0 Å². The Labute approximate surface area is 109 Å². The third-order valence-corrected chi connectivity index (χ3v) is 2.84. The minimum atomic E-state index is -2.26. The monoisotopic (exact) mass is 297 g/mol. The summed E-state index contributed by atoms with van der Waals surface area (Å²) in [7, 11) is 0. The van der Waals surface area contributed by atoms with Crippen LogP contribution in [0.1, 0.15) is 0 Å². The number of carboxylic acid groups (broad SMARTS) is 1. The molecule has 1 fully saturated rings. The number of ether oxygens (including phenoxy) is 1. The van der Waals surface area contributed by atoms with E-state index in [-0.39, 0.29) is 13.2 Å².